The molecule has 0 amide bonds. The van der Waals surface area contributed by atoms with Gasteiger partial charge in [0.05, 0.1) is 6.10 Å². The van der Waals surface area contributed by atoms with E-state index in [9.17, 15) is 10.2 Å². The van der Waals surface area contributed by atoms with Gasteiger partial charge in [-0.05, 0) is 67.7 Å². The summed E-state index contributed by atoms with van der Waals surface area (Å²) in [6.07, 6.45) is 6.07. The molecule has 1 spiro atoms. The predicted octanol–water partition coefficient (Wildman–Crippen LogP) is 2.79. The normalized spacial score (nSPS) is 31.1. The fourth-order valence-corrected chi connectivity index (χ4v) is 3.87. The molecule has 1 aliphatic carbocycles. The topological polar surface area (TPSA) is 43.7 Å². The molecule has 2 N–H and O–H groups in total. The number of hydrogen-bond acceptors (Lipinski definition) is 3. The van der Waals surface area contributed by atoms with Crippen LogP contribution in [0.3, 0.4) is 0 Å². The summed E-state index contributed by atoms with van der Waals surface area (Å²) >= 11 is 0. The van der Waals surface area contributed by atoms with Gasteiger partial charge in [0, 0.05) is 19.3 Å². The number of rotatable bonds is 0. The van der Waals surface area contributed by atoms with Gasteiger partial charge in [0.2, 0.25) is 0 Å². The van der Waals surface area contributed by atoms with Crippen molar-refractivity contribution in [1.82, 2.24) is 0 Å². The van der Waals surface area contributed by atoms with Gasteiger partial charge in [-0.3, -0.25) is 0 Å². The van der Waals surface area contributed by atoms with Crippen molar-refractivity contribution < 1.29 is 10.2 Å². The minimum Gasteiger partial charge on any atom is -0.508 e. The molecule has 1 heterocycles. The second-order valence-corrected chi connectivity index (χ2v) is 6.24. The van der Waals surface area contributed by atoms with E-state index in [1.54, 1.807) is 6.07 Å². The molecule has 2 aliphatic rings. The van der Waals surface area contributed by atoms with Gasteiger partial charge < -0.3 is 15.1 Å². The highest BCUT2D eigenvalue weighted by molar-refractivity contribution is 5.59. The molecule has 3 heteroatoms. The largest absolute Gasteiger partial charge is 0.508 e. The minimum absolute atomic E-state index is 0.132. The van der Waals surface area contributed by atoms with E-state index in [0.717, 1.165) is 32.2 Å². The molecule has 1 aliphatic heterocycles. The first kappa shape index (κ1) is 12.8. The number of aliphatic hydroxyl groups excluding tert-OH is 1. The molecule has 1 saturated carbocycles. The minimum atomic E-state index is -0.132. The van der Waals surface area contributed by atoms with Gasteiger partial charge in [-0.15, -0.1) is 0 Å². The highest BCUT2D eigenvalue weighted by atomic mass is 16.3. The molecule has 0 unspecified atom stereocenters. The fourth-order valence-electron chi connectivity index (χ4n) is 3.87. The Morgan fingerprint density at radius 3 is 2.68 bits per heavy atom. The Labute approximate surface area is 114 Å². The van der Waals surface area contributed by atoms with Crippen LogP contribution in [0.1, 0.15) is 44.1 Å². The van der Waals surface area contributed by atoms with Crippen LogP contribution in [0.15, 0.2) is 18.2 Å². The molecule has 1 fully saturated rings. The van der Waals surface area contributed by atoms with Gasteiger partial charge in [-0.25, -0.2) is 0 Å². The maximum absolute atomic E-state index is 9.86. The Morgan fingerprint density at radius 1 is 1.21 bits per heavy atom. The summed E-state index contributed by atoms with van der Waals surface area (Å²) in [7, 11) is 2.13. The van der Waals surface area contributed by atoms with Gasteiger partial charge in [-0.1, -0.05) is 0 Å². The van der Waals surface area contributed by atoms with Gasteiger partial charge in [0.1, 0.15) is 5.75 Å². The lowest BCUT2D eigenvalue weighted by Gasteiger charge is -2.40. The third kappa shape index (κ3) is 2.20. The van der Waals surface area contributed by atoms with E-state index in [1.807, 2.05) is 12.1 Å². The van der Waals surface area contributed by atoms with Crippen molar-refractivity contribution in [2.45, 2.75) is 50.0 Å². The lowest BCUT2D eigenvalue weighted by Crippen LogP contribution is -2.33. The Bertz CT molecular complexity index is 464. The van der Waals surface area contributed by atoms with E-state index in [-0.39, 0.29) is 11.5 Å². The van der Waals surface area contributed by atoms with Gasteiger partial charge in [-0.2, -0.15) is 0 Å². The summed E-state index contributed by atoms with van der Waals surface area (Å²) in [6, 6.07) is 5.78. The van der Waals surface area contributed by atoms with Crippen LogP contribution in [-0.4, -0.2) is 29.9 Å². The van der Waals surface area contributed by atoms with E-state index >= 15 is 0 Å². The van der Waals surface area contributed by atoms with E-state index in [4.69, 9.17) is 0 Å². The summed E-state index contributed by atoms with van der Waals surface area (Å²) in [5.41, 5.74) is 2.71. The molecule has 0 atom stereocenters. The van der Waals surface area contributed by atoms with Crippen LogP contribution in [0, 0.1) is 0 Å². The molecule has 3 nitrogen and oxygen atoms in total. The molecule has 0 bridgehead atoms. The van der Waals surface area contributed by atoms with Crippen LogP contribution < -0.4 is 4.90 Å². The van der Waals surface area contributed by atoms with Crippen molar-refractivity contribution in [3.05, 3.63) is 23.8 Å². The van der Waals surface area contributed by atoms with Crippen LogP contribution in [-0.2, 0) is 5.41 Å². The molecule has 1 aromatic rings. The summed E-state index contributed by atoms with van der Waals surface area (Å²) in [5.74, 6) is 0.361. The van der Waals surface area contributed by atoms with Crippen LogP contribution in [0.5, 0.6) is 5.75 Å². The second-order valence-electron chi connectivity index (χ2n) is 6.24. The van der Waals surface area contributed by atoms with E-state index in [2.05, 4.69) is 11.9 Å². The zero-order valence-electron chi connectivity index (χ0n) is 11.6. The van der Waals surface area contributed by atoms with Crippen molar-refractivity contribution >= 4 is 5.69 Å². The molecule has 104 valence electrons. The molecule has 1 aromatic carbocycles. The Morgan fingerprint density at radius 2 is 1.95 bits per heavy atom. The van der Waals surface area contributed by atoms with Gasteiger partial charge in [0.15, 0.2) is 0 Å². The summed E-state index contributed by atoms with van der Waals surface area (Å²) in [6.45, 7) is 1.07. The maximum Gasteiger partial charge on any atom is 0.116 e. The zero-order valence-corrected chi connectivity index (χ0v) is 11.6. The van der Waals surface area contributed by atoms with Gasteiger partial charge >= 0.3 is 0 Å². The lowest BCUT2D eigenvalue weighted by atomic mass is 9.66. The smallest absolute Gasteiger partial charge is 0.116 e. The summed E-state index contributed by atoms with van der Waals surface area (Å²) < 4.78 is 0. The number of phenols is 1. The first-order valence-electron chi connectivity index (χ1n) is 7.33. The third-order valence-corrected chi connectivity index (χ3v) is 5.02. The highest BCUT2D eigenvalue weighted by Crippen LogP contribution is 2.48. The number of hydrogen-bond donors (Lipinski definition) is 2. The summed E-state index contributed by atoms with van der Waals surface area (Å²) in [4.78, 5) is 2.30. The SMILES string of the molecule is CN1CCCC2(CCC(O)CC2)c2cc(O)ccc21. The average molecular weight is 261 g/mol. The first-order chi connectivity index (χ1) is 9.11. The molecule has 0 saturated heterocycles. The van der Waals surface area contributed by atoms with Crippen molar-refractivity contribution in [1.29, 1.82) is 0 Å². The van der Waals surface area contributed by atoms with Crippen LogP contribution in [0.2, 0.25) is 0 Å². The monoisotopic (exact) mass is 261 g/mol. The number of nitrogens with zero attached hydrogens (tertiary/aromatic N) is 1. The Kier molecular flexibility index (Phi) is 3.17. The number of anilines is 1. The van der Waals surface area contributed by atoms with Crippen molar-refractivity contribution in [3.63, 3.8) is 0 Å². The second kappa shape index (κ2) is 4.71. The Hall–Kier alpha value is -1.22. The summed E-state index contributed by atoms with van der Waals surface area (Å²) in [5, 5.41) is 19.7. The van der Waals surface area contributed by atoms with E-state index < -0.39 is 0 Å². The maximum atomic E-state index is 9.86. The van der Waals surface area contributed by atoms with Gasteiger partial charge in [0.25, 0.3) is 0 Å². The fraction of sp³-hybridized carbons (Fsp3) is 0.625. The number of benzene rings is 1. The van der Waals surface area contributed by atoms with Crippen LogP contribution >= 0.6 is 0 Å². The van der Waals surface area contributed by atoms with Crippen LogP contribution in [0.25, 0.3) is 0 Å². The number of fused-ring (bicyclic) bond motifs is 2. The lowest BCUT2D eigenvalue weighted by molar-refractivity contribution is 0.0922. The molecule has 19 heavy (non-hydrogen) atoms. The van der Waals surface area contributed by atoms with Crippen molar-refractivity contribution in [2.75, 3.05) is 18.5 Å². The van der Waals surface area contributed by atoms with E-state index in [1.165, 1.54) is 24.1 Å². The van der Waals surface area contributed by atoms with Crippen molar-refractivity contribution in [2.24, 2.45) is 0 Å². The Balaban J connectivity index is 2.06. The predicted molar refractivity (Wildman–Crippen MR) is 76.8 cm³/mol. The zero-order chi connectivity index (χ0) is 13.5. The van der Waals surface area contributed by atoms with Crippen LogP contribution in [0.4, 0.5) is 5.69 Å². The van der Waals surface area contributed by atoms with Crippen molar-refractivity contribution in [3.8, 4) is 5.75 Å². The standard InChI is InChI=1S/C16H23NO2/c1-17-10-2-7-16(8-5-12(18)6-9-16)14-11-13(19)3-4-15(14)17/h3-4,11-12,18-19H,2,5-10H2,1H3. The number of phenolic OH excluding ortho intramolecular Hbond substituents is 1. The quantitative estimate of drug-likeness (QED) is 0.754. The molecule has 3 rings (SSSR count). The third-order valence-electron chi connectivity index (χ3n) is 5.02. The molecule has 0 radical (unpaired) electrons. The highest BCUT2D eigenvalue weighted by Gasteiger charge is 2.39. The molecular weight excluding hydrogens is 238 g/mol. The molecular formula is C16H23NO2. The first-order valence-corrected chi connectivity index (χ1v) is 7.33. The molecule has 0 aromatic heterocycles. The average Bonchev–Trinajstić information content (AvgIpc) is 2.52. The number of aliphatic hydroxyl groups is 1. The number of aromatic hydroxyl groups is 1. The van der Waals surface area contributed by atoms with E-state index in [0.29, 0.717) is 5.75 Å².